The van der Waals surface area contributed by atoms with Crippen molar-refractivity contribution in [3.05, 3.63) is 60.2 Å². The van der Waals surface area contributed by atoms with Gasteiger partial charge >= 0.3 is 0 Å². The lowest BCUT2D eigenvalue weighted by atomic mass is 10.1. The van der Waals surface area contributed by atoms with E-state index in [0.29, 0.717) is 0 Å². The SMILES string of the molecule is COc1ccc(Nc2cc(N3CCCC3)nc(-c3ccc(C)cc3)n2)cc1. The fourth-order valence-electron chi connectivity index (χ4n) is 3.26. The van der Waals surface area contributed by atoms with E-state index in [1.54, 1.807) is 7.11 Å². The highest BCUT2D eigenvalue weighted by atomic mass is 16.5. The van der Waals surface area contributed by atoms with Crippen molar-refractivity contribution in [1.29, 1.82) is 0 Å². The number of nitrogens with zero attached hydrogens (tertiary/aromatic N) is 3. The van der Waals surface area contributed by atoms with Gasteiger partial charge in [-0.3, -0.25) is 0 Å². The molecule has 1 aliphatic heterocycles. The second kappa shape index (κ2) is 7.66. The second-order valence-electron chi connectivity index (χ2n) is 6.85. The predicted molar refractivity (Wildman–Crippen MR) is 110 cm³/mol. The van der Waals surface area contributed by atoms with Crippen LogP contribution in [0.2, 0.25) is 0 Å². The zero-order valence-electron chi connectivity index (χ0n) is 15.8. The highest BCUT2D eigenvalue weighted by Gasteiger charge is 2.16. The molecule has 27 heavy (non-hydrogen) atoms. The van der Waals surface area contributed by atoms with E-state index < -0.39 is 0 Å². The average Bonchev–Trinajstić information content (AvgIpc) is 3.24. The van der Waals surface area contributed by atoms with Gasteiger partial charge < -0.3 is 15.0 Å². The molecule has 0 unspecified atom stereocenters. The van der Waals surface area contributed by atoms with Crippen LogP contribution in [-0.4, -0.2) is 30.2 Å². The normalized spacial score (nSPS) is 13.6. The van der Waals surface area contributed by atoms with Crippen LogP contribution in [0, 0.1) is 6.92 Å². The molecule has 1 aliphatic rings. The van der Waals surface area contributed by atoms with Crippen LogP contribution in [0.25, 0.3) is 11.4 Å². The van der Waals surface area contributed by atoms with Gasteiger partial charge in [0.05, 0.1) is 7.11 Å². The molecule has 2 aromatic carbocycles. The molecule has 0 saturated carbocycles. The standard InChI is InChI=1S/C22H24N4O/c1-16-5-7-17(8-6-16)22-24-20(15-21(25-22)26-13-3-4-14-26)23-18-9-11-19(27-2)12-10-18/h5-12,15H,3-4,13-14H2,1-2H3,(H,23,24,25). The lowest BCUT2D eigenvalue weighted by molar-refractivity contribution is 0.415. The summed E-state index contributed by atoms with van der Waals surface area (Å²) < 4.78 is 5.23. The van der Waals surface area contributed by atoms with Gasteiger partial charge in [0.25, 0.3) is 0 Å². The Hall–Kier alpha value is -3.08. The van der Waals surface area contributed by atoms with Crippen LogP contribution in [0.15, 0.2) is 54.6 Å². The number of nitrogens with one attached hydrogen (secondary N) is 1. The Morgan fingerprint density at radius 1 is 0.926 bits per heavy atom. The molecule has 0 radical (unpaired) electrons. The number of rotatable bonds is 5. The van der Waals surface area contributed by atoms with Gasteiger partial charge in [-0.25, -0.2) is 9.97 Å². The summed E-state index contributed by atoms with van der Waals surface area (Å²) in [5, 5.41) is 3.41. The Labute approximate surface area is 160 Å². The van der Waals surface area contributed by atoms with E-state index in [1.165, 1.54) is 18.4 Å². The number of benzene rings is 2. The van der Waals surface area contributed by atoms with Crippen molar-refractivity contribution in [2.45, 2.75) is 19.8 Å². The molecule has 2 heterocycles. The summed E-state index contributed by atoms with van der Waals surface area (Å²) in [6, 6.07) is 18.2. The first-order valence-corrected chi connectivity index (χ1v) is 9.33. The minimum absolute atomic E-state index is 0.746. The molecule has 0 bridgehead atoms. The topological polar surface area (TPSA) is 50.3 Å². The molecule has 0 aliphatic carbocycles. The molecular weight excluding hydrogens is 336 g/mol. The van der Waals surface area contributed by atoms with E-state index in [2.05, 4.69) is 41.4 Å². The predicted octanol–water partition coefficient (Wildman–Crippen LogP) is 4.80. The Kier molecular flexibility index (Phi) is 4.92. The van der Waals surface area contributed by atoms with Crippen molar-refractivity contribution in [3.8, 4) is 17.1 Å². The van der Waals surface area contributed by atoms with Gasteiger partial charge in [0.15, 0.2) is 5.82 Å². The Balaban J connectivity index is 1.69. The van der Waals surface area contributed by atoms with Crippen LogP contribution in [0.4, 0.5) is 17.3 Å². The molecule has 1 N–H and O–H groups in total. The first kappa shape index (κ1) is 17.3. The number of hydrogen-bond donors (Lipinski definition) is 1. The zero-order chi connectivity index (χ0) is 18.6. The third kappa shape index (κ3) is 4.03. The Bertz CT molecular complexity index is 901. The van der Waals surface area contributed by atoms with Gasteiger partial charge in [0.1, 0.15) is 17.4 Å². The number of anilines is 3. The molecule has 5 heteroatoms. The second-order valence-corrected chi connectivity index (χ2v) is 6.85. The van der Waals surface area contributed by atoms with E-state index in [-0.39, 0.29) is 0 Å². The van der Waals surface area contributed by atoms with E-state index in [9.17, 15) is 0 Å². The lowest BCUT2D eigenvalue weighted by Gasteiger charge is -2.18. The fourth-order valence-corrected chi connectivity index (χ4v) is 3.26. The highest BCUT2D eigenvalue weighted by Crippen LogP contribution is 2.27. The zero-order valence-corrected chi connectivity index (χ0v) is 15.8. The van der Waals surface area contributed by atoms with Crippen molar-refractivity contribution in [3.63, 3.8) is 0 Å². The summed E-state index contributed by atoms with van der Waals surface area (Å²) >= 11 is 0. The molecule has 3 aromatic rings. The van der Waals surface area contributed by atoms with Crippen LogP contribution in [0.5, 0.6) is 5.75 Å². The summed E-state index contributed by atoms with van der Waals surface area (Å²) in [7, 11) is 1.67. The number of aromatic nitrogens is 2. The molecule has 4 rings (SSSR count). The third-order valence-corrected chi connectivity index (χ3v) is 4.81. The van der Waals surface area contributed by atoms with Gasteiger partial charge in [-0.2, -0.15) is 0 Å². The summed E-state index contributed by atoms with van der Waals surface area (Å²) in [4.78, 5) is 11.9. The number of ether oxygens (including phenoxy) is 1. The Morgan fingerprint density at radius 3 is 2.30 bits per heavy atom. The van der Waals surface area contributed by atoms with Gasteiger partial charge in [-0.1, -0.05) is 29.8 Å². The van der Waals surface area contributed by atoms with Crippen LogP contribution in [0.3, 0.4) is 0 Å². The monoisotopic (exact) mass is 360 g/mol. The van der Waals surface area contributed by atoms with Crippen molar-refractivity contribution < 1.29 is 4.74 Å². The first-order valence-electron chi connectivity index (χ1n) is 9.33. The van der Waals surface area contributed by atoms with Gasteiger partial charge in [-0.05, 0) is 44.0 Å². The number of aryl methyl sites for hydroxylation is 1. The maximum Gasteiger partial charge on any atom is 0.163 e. The number of hydrogen-bond acceptors (Lipinski definition) is 5. The molecular formula is C22H24N4O. The van der Waals surface area contributed by atoms with E-state index in [1.807, 2.05) is 30.3 Å². The minimum atomic E-state index is 0.746. The maximum absolute atomic E-state index is 5.23. The van der Waals surface area contributed by atoms with E-state index >= 15 is 0 Å². The molecule has 1 aromatic heterocycles. The van der Waals surface area contributed by atoms with E-state index in [4.69, 9.17) is 14.7 Å². The van der Waals surface area contributed by atoms with Crippen LogP contribution in [-0.2, 0) is 0 Å². The molecule has 0 amide bonds. The molecule has 5 nitrogen and oxygen atoms in total. The van der Waals surface area contributed by atoms with E-state index in [0.717, 1.165) is 47.5 Å². The van der Waals surface area contributed by atoms with Gasteiger partial charge in [0.2, 0.25) is 0 Å². The Morgan fingerprint density at radius 2 is 1.63 bits per heavy atom. The molecule has 138 valence electrons. The maximum atomic E-state index is 5.23. The average molecular weight is 360 g/mol. The molecule has 1 saturated heterocycles. The molecule has 0 atom stereocenters. The first-order chi connectivity index (χ1) is 13.2. The van der Waals surface area contributed by atoms with Crippen molar-refractivity contribution in [2.75, 3.05) is 30.4 Å². The highest BCUT2D eigenvalue weighted by molar-refractivity contribution is 5.66. The van der Waals surface area contributed by atoms with Crippen LogP contribution in [0.1, 0.15) is 18.4 Å². The molecule has 0 spiro atoms. The summed E-state index contributed by atoms with van der Waals surface area (Å²) in [6.45, 7) is 4.18. The smallest absolute Gasteiger partial charge is 0.163 e. The summed E-state index contributed by atoms with van der Waals surface area (Å²) in [5.41, 5.74) is 3.22. The summed E-state index contributed by atoms with van der Waals surface area (Å²) in [5.74, 6) is 3.36. The van der Waals surface area contributed by atoms with Gasteiger partial charge in [0, 0.05) is 30.4 Å². The quantitative estimate of drug-likeness (QED) is 0.708. The lowest BCUT2D eigenvalue weighted by Crippen LogP contribution is -2.19. The van der Waals surface area contributed by atoms with Gasteiger partial charge in [-0.15, -0.1) is 0 Å². The van der Waals surface area contributed by atoms with Crippen LogP contribution < -0.4 is 15.0 Å². The van der Waals surface area contributed by atoms with Crippen molar-refractivity contribution in [1.82, 2.24) is 9.97 Å². The largest absolute Gasteiger partial charge is 0.497 e. The van der Waals surface area contributed by atoms with Crippen molar-refractivity contribution in [2.24, 2.45) is 0 Å². The molecule has 1 fully saturated rings. The summed E-state index contributed by atoms with van der Waals surface area (Å²) in [6.07, 6.45) is 2.43. The minimum Gasteiger partial charge on any atom is -0.497 e. The fraction of sp³-hybridized carbons (Fsp3) is 0.273. The van der Waals surface area contributed by atoms with Crippen molar-refractivity contribution >= 4 is 17.3 Å². The third-order valence-electron chi connectivity index (χ3n) is 4.81. The van der Waals surface area contributed by atoms with Crippen LogP contribution >= 0.6 is 0 Å². The number of methoxy groups -OCH3 is 1.